The number of rotatable bonds is 5. The van der Waals surface area contributed by atoms with Crippen molar-refractivity contribution in [2.24, 2.45) is 5.92 Å². The Morgan fingerprint density at radius 3 is 2.92 bits per heavy atom. The number of nitrogens with zero attached hydrogens (tertiary/aromatic N) is 4. The van der Waals surface area contributed by atoms with Crippen LogP contribution in [-0.2, 0) is 24.4 Å². The first kappa shape index (κ1) is 15.3. The highest BCUT2D eigenvalue weighted by atomic mass is 16.2. The molecule has 1 fully saturated rings. The number of amides is 1. The fourth-order valence-electron chi connectivity index (χ4n) is 3.33. The highest BCUT2D eigenvalue weighted by Crippen LogP contribution is 2.29. The molecule has 0 saturated heterocycles. The number of carbonyl (C=O) groups excluding carboxylic acids is 1. The van der Waals surface area contributed by atoms with Gasteiger partial charge in [-0.05, 0) is 31.9 Å². The van der Waals surface area contributed by atoms with Crippen LogP contribution in [0.2, 0.25) is 0 Å². The molecule has 24 heavy (non-hydrogen) atoms. The number of pyridine rings is 1. The van der Waals surface area contributed by atoms with E-state index in [-0.39, 0.29) is 17.9 Å². The molecule has 2 aromatic rings. The zero-order chi connectivity index (χ0) is 16.5. The minimum Gasteiger partial charge on any atom is -0.350 e. The predicted octanol–water partition coefficient (Wildman–Crippen LogP) is 1.88. The van der Waals surface area contributed by atoms with Gasteiger partial charge in [-0.25, -0.2) is 4.98 Å². The van der Waals surface area contributed by atoms with Gasteiger partial charge in [0.25, 0.3) is 0 Å². The standard InChI is InChI=1S/C18H23N5O/c1-13-17-20-10-16(11-21-18(24)14-5-6-14)23(17)9-8-22(13)12-15-4-2-3-7-19-15/h2-4,7,10,13-14H,5-6,8-9,11-12H2,1H3,(H,21,24)/t13-/m1/s1. The fraction of sp³-hybridized carbons (Fsp3) is 0.500. The molecule has 4 rings (SSSR count). The topological polar surface area (TPSA) is 63.1 Å². The first-order valence-corrected chi connectivity index (χ1v) is 8.68. The van der Waals surface area contributed by atoms with Crippen molar-refractivity contribution >= 4 is 5.91 Å². The number of hydrogen-bond donors (Lipinski definition) is 1. The molecule has 1 atom stereocenters. The largest absolute Gasteiger partial charge is 0.350 e. The average molecular weight is 325 g/mol. The first-order valence-electron chi connectivity index (χ1n) is 8.68. The number of hydrogen-bond acceptors (Lipinski definition) is 4. The Labute approximate surface area is 141 Å². The maximum absolute atomic E-state index is 11.8. The molecule has 2 aliphatic rings. The fourth-order valence-corrected chi connectivity index (χ4v) is 3.33. The molecular formula is C18H23N5O. The molecule has 0 unspecified atom stereocenters. The summed E-state index contributed by atoms with van der Waals surface area (Å²) in [6.07, 6.45) is 5.82. The lowest BCUT2D eigenvalue weighted by molar-refractivity contribution is -0.122. The lowest BCUT2D eigenvalue weighted by Crippen LogP contribution is -2.37. The van der Waals surface area contributed by atoms with Gasteiger partial charge in [-0.2, -0.15) is 0 Å². The Morgan fingerprint density at radius 1 is 1.29 bits per heavy atom. The third kappa shape index (κ3) is 3.06. The van der Waals surface area contributed by atoms with Crippen molar-refractivity contribution < 1.29 is 4.79 Å². The van der Waals surface area contributed by atoms with E-state index in [1.165, 1.54) is 0 Å². The Morgan fingerprint density at radius 2 is 2.17 bits per heavy atom. The molecule has 1 aliphatic carbocycles. The Kier molecular flexibility index (Phi) is 4.06. The van der Waals surface area contributed by atoms with Crippen molar-refractivity contribution in [2.75, 3.05) is 6.54 Å². The van der Waals surface area contributed by atoms with Gasteiger partial charge in [0, 0.05) is 31.7 Å². The monoisotopic (exact) mass is 325 g/mol. The lowest BCUT2D eigenvalue weighted by Gasteiger charge is -2.34. The van der Waals surface area contributed by atoms with Crippen LogP contribution in [-0.4, -0.2) is 31.9 Å². The minimum absolute atomic E-state index is 0.186. The molecular weight excluding hydrogens is 302 g/mol. The van der Waals surface area contributed by atoms with Gasteiger partial charge in [0.1, 0.15) is 5.82 Å². The molecule has 6 nitrogen and oxygen atoms in total. The highest BCUT2D eigenvalue weighted by molar-refractivity contribution is 5.80. The Balaban J connectivity index is 1.43. The molecule has 1 aliphatic heterocycles. The van der Waals surface area contributed by atoms with Crippen LogP contribution in [0.4, 0.5) is 0 Å². The van der Waals surface area contributed by atoms with E-state index in [0.29, 0.717) is 6.54 Å². The summed E-state index contributed by atoms with van der Waals surface area (Å²) in [5.74, 6) is 1.51. The summed E-state index contributed by atoms with van der Waals surface area (Å²) in [6, 6.07) is 6.28. The van der Waals surface area contributed by atoms with Gasteiger partial charge in [0.05, 0.1) is 30.2 Å². The van der Waals surface area contributed by atoms with Crippen molar-refractivity contribution in [3.05, 3.63) is 47.8 Å². The van der Waals surface area contributed by atoms with E-state index in [9.17, 15) is 4.79 Å². The highest BCUT2D eigenvalue weighted by Gasteiger charge is 2.30. The molecule has 6 heteroatoms. The number of nitrogens with one attached hydrogen (secondary N) is 1. The second-order valence-electron chi connectivity index (χ2n) is 6.72. The molecule has 3 heterocycles. The third-order valence-corrected chi connectivity index (χ3v) is 4.98. The first-order chi connectivity index (χ1) is 11.7. The molecule has 1 saturated carbocycles. The van der Waals surface area contributed by atoms with E-state index < -0.39 is 0 Å². The predicted molar refractivity (Wildman–Crippen MR) is 89.9 cm³/mol. The van der Waals surface area contributed by atoms with Crippen molar-refractivity contribution in [1.29, 1.82) is 0 Å². The lowest BCUT2D eigenvalue weighted by atomic mass is 10.2. The van der Waals surface area contributed by atoms with Gasteiger partial charge in [-0.3, -0.25) is 14.7 Å². The minimum atomic E-state index is 0.186. The summed E-state index contributed by atoms with van der Waals surface area (Å²) in [5, 5.41) is 3.04. The van der Waals surface area contributed by atoms with E-state index in [1.807, 2.05) is 24.5 Å². The Hall–Kier alpha value is -2.21. The normalized spacial score (nSPS) is 20.6. The second-order valence-corrected chi connectivity index (χ2v) is 6.72. The van der Waals surface area contributed by atoms with Gasteiger partial charge < -0.3 is 9.88 Å². The van der Waals surface area contributed by atoms with E-state index in [4.69, 9.17) is 0 Å². The van der Waals surface area contributed by atoms with Crippen molar-refractivity contribution in [3.63, 3.8) is 0 Å². The van der Waals surface area contributed by atoms with E-state index in [1.54, 1.807) is 0 Å². The molecule has 1 amide bonds. The maximum atomic E-state index is 11.8. The molecule has 0 radical (unpaired) electrons. The maximum Gasteiger partial charge on any atom is 0.223 e. The summed E-state index contributed by atoms with van der Waals surface area (Å²) >= 11 is 0. The van der Waals surface area contributed by atoms with Gasteiger partial charge in [-0.1, -0.05) is 6.07 Å². The average Bonchev–Trinajstić information content (AvgIpc) is 3.37. The summed E-state index contributed by atoms with van der Waals surface area (Å²) in [5.41, 5.74) is 2.18. The summed E-state index contributed by atoms with van der Waals surface area (Å²) < 4.78 is 2.26. The van der Waals surface area contributed by atoms with E-state index in [0.717, 1.165) is 49.7 Å². The Bertz CT molecular complexity index is 722. The molecule has 0 spiro atoms. The molecule has 0 bridgehead atoms. The number of carbonyl (C=O) groups is 1. The van der Waals surface area contributed by atoms with Crippen molar-refractivity contribution in [1.82, 2.24) is 24.8 Å². The number of aromatic nitrogens is 3. The van der Waals surface area contributed by atoms with Gasteiger partial charge >= 0.3 is 0 Å². The zero-order valence-electron chi connectivity index (χ0n) is 14.0. The number of fused-ring (bicyclic) bond motifs is 1. The SMILES string of the molecule is C[C@@H]1c2ncc(CNC(=O)C3CC3)n2CCN1Cc1ccccn1. The summed E-state index contributed by atoms with van der Waals surface area (Å²) in [7, 11) is 0. The second kappa shape index (κ2) is 6.36. The molecule has 2 aromatic heterocycles. The van der Waals surface area contributed by atoms with Crippen LogP contribution in [0.25, 0.3) is 0 Å². The van der Waals surface area contributed by atoms with Crippen LogP contribution in [0.5, 0.6) is 0 Å². The number of imidazole rings is 1. The summed E-state index contributed by atoms with van der Waals surface area (Å²) in [4.78, 5) is 23.3. The summed E-state index contributed by atoms with van der Waals surface area (Å²) in [6.45, 7) is 5.47. The van der Waals surface area contributed by atoms with Crippen LogP contribution < -0.4 is 5.32 Å². The van der Waals surface area contributed by atoms with E-state index >= 15 is 0 Å². The van der Waals surface area contributed by atoms with Crippen LogP contribution >= 0.6 is 0 Å². The molecule has 126 valence electrons. The van der Waals surface area contributed by atoms with Gasteiger partial charge in [-0.15, -0.1) is 0 Å². The van der Waals surface area contributed by atoms with Crippen LogP contribution in [0.1, 0.15) is 43.0 Å². The van der Waals surface area contributed by atoms with Gasteiger partial charge in [0.2, 0.25) is 5.91 Å². The zero-order valence-corrected chi connectivity index (χ0v) is 14.0. The molecule has 0 aromatic carbocycles. The third-order valence-electron chi connectivity index (χ3n) is 4.98. The molecule has 1 N–H and O–H groups in total. The van der Waals surface area contributed by atoms with Crippen molar-refractivity contribution in [2.45, 2.75) is 45.4 Å². The van der Waals surface area contributed by atoms with Gasteiger partial charge in [0.15, 0.2) is 0 Å². The smallest absolute Gasteiger partial charge is 0.223 e. The van der Waals surface area contributed by atoms with Crippen LogP contribution in [0.15, 0.2) is 30.6 Å². The van der Waals surface area contributed by atoms with E-state index in [2.05, 4.69) is 37.7 Å². The van der Waals surface area contributed by atoms with Crippen LogP contribution in [0, 0.1) is 5.92 Å². The van der Waals surface area contributed by atoms with Crippen LogP contribution in [0.3, 0.4) is 0 Å². The van der Waals surface area contributed by atoms with Crippen molar-refractivity contribution in [3.8, 4) is 0 Å². The quantitative estimate of drug-likeness (QED) is 0.912.